The maximum Gasteiger partial charge on any atom is 0.433 e. The van der Waals surface area contributed by atoms with Gasteiger partial charge in [-0.3, -0.25) is 0 Å². The summed E-state index contributed by atoms with van der Waals surface area (Å²) in [5.41, 5.74) is 1.67. The van der Waals surface area contributed by atoms with Crippen molar-refractivity contribution in [2.75, 3.05) is 17.2 Å². The Morgan fingerprint density at radius 1 is 1.03 bits per heavy atom. The van der Waals surface area contributed by atoms with Crippen LogP contribution in [-0.4, -0.2) is 39.1 Å². The number of alkyl halides is 5. The molecule has 31 heavy (non-hydrogen) atoms. The third-order valence-corrected chi connectivity index (χ3v) is 4.16. The van der Waals surface area contributed by atoms with Crippen molar-refractivity contribution in [1.82, 2.24) is 15.0 Å². The van der Waals surface area contributed by atoms with Crippen molar-refractivity contribution in [3.05, 3.63) is 60.0 Å². The fourth-order valence-corrected chi connectivity index (χ4v) is 2.70. The molecule has 0 saturated carbocycles. The first-order chi connectivity index (χ1) is 14.6. The van der Waals surface area contributed by atoms with Crippen LogP contribution in [0, 0.1) is 6.92 Å². The van der Waals surface area contributed by atoms with Gasteiger partial charge in [0.05, 0.1) is 0 Å². The SMILES string of the molecule is Cc1cc(Nc2nccc(C(F)(F)F)n2)cc(-c2ccc(NCC(O)C(F)F)nc2)c1. The Labute approximate surface area is 174 Å². The molecule has 0 fully saturated rings. The van der Waals surface area contributed by atoms with Gasteiger partial charge >= 0.3 is 6.18 Å². The molecule has 3 rings (SSSR count). The van der Waals surface area contributed by atoms with Crippen LogP contribution in [-0.2, 0) is 6.18 Å². The van der Waals surface area contributed by atoms with Crippen molar-refractivity contribution in [2.24, 2.45) is 0 Å². The van der Waals surface area contributed by atoms with Gasteiger partial charge in [0, 0.05) is 30.2 Å². The van der Waals surface area contributed by atoms with Crippen LogP contribution in [0.25, 0.3) is 11.1 Å². The highest BCUT2D eigenvalue weighted by Gasteiger charge is 2.32. The van der Waals surface area contributed by atoms with Crippen molar-refractivity contribution >= 4 is 17.5 Å². The molecule has 2 heterocycles. The van der Waals surface area contributed by atoms with E-state index in [4.69, 9.17) is 5.11 Å². The van der Waals surface area contributed by atoms with Gasteiger partial charge in [-0.15, -0.1) is 0 Å². The molecule has 0 saturated heterocycles. The third-order valence-electron chi connectivity index (χ3n) is 4.16. The average Bonchev–Trinajstić information content (AvgIpc) is 2.71. The number of nitrogens with zero attached hydrogens (tertiary/aromatic N) is 3. The lowest BCUT2D eigenvalue weighted by molar-refractivity contribution is -0.141. The van der Waals surface area contributed by atoms with E-state index in [0.717, 1.165) is 23.4 Å². The third kappa shape index (κ3) is 6.07. The molecule has 1 aromatic carbocycles. The van der Waals surface area contributed by atoms with Gasteiger partial charge in [-0.1, -0.05) is 6.07 Å². The fraction of sp³-hybridized carbons (Fsp3) is 0.250. The monoisotopic (exact) mass is 439 g/mol. The molecule has 0 aliphatic heterocycles. The summed E-state index contributed by atoms with van der Waals surface area (Å²) in [6.07, 6.45) is -6.70. The van der Waals surface area contributed by atoms with Crippen molar-refractivity contribution in [3.63, 3.8) is 0 Å². The number of pyridine rings is 1. The first kappa shape index (κ1) is 22.3. The van der Waals surface area contributed by atoms with E-state index in [0.29, 0.717) is 17.1 Å². The second-order valence-electron chi connectivity index (χ2n) is 6.69. The van der Waals surface area contributed by atoms with Gasteiger partial charge in [0.2, 0.25) is 5.95 Å². The van der Waals surface area contributed by atoms with Crippen molar-refractivity contribution in [1.29, 1.82) is 0 Å². The summed E-state index contributed by atoms with van der Waals surface area (Å²) in [6.45, 7) is 1.47. The highest BCUT2D eigenvalue weighted by atomic mass is 19.4. The Morgan fingerprint density at radius 2 is 1.81 bits per heavy atom. The van der Waals surface area contributed by atoms with E-state index >= 15 is 0 Å². The number of nitrogens with one attached hydrogen (secondary N) is 2. The minimum Gasteiger partial charge on any atom is -0.385 e. The standard InChI is InChI=1S/C20H18F5N5O/c1-11-6-13(12-2-3-17(27-9-12)28-10-15(31)18(21)22)8-14(7-11)29-19-26-5-4-16(30-19)20(23,24)25/h2-9,15,18,31H,10H2,1H3,(H,27,28)(H,26,29,30). The molecule has 0 bridgehead atoms. The number of benzene rings is 1. The number of rotatable bonds is 7. The maximum atomic E-state index is 12.8. The van der Waals surface area contributed by atoms with Gasteiger partial charge in [0.1, 0.15) is 17.6 Å². The Morgan fingerprint density at radius 3 is 2.45 bits per heavy atom. The number of halogens is 5. The minimum atomic E-state index is -4.58. The summed E-state index contributed by atoms with van der Waals surface area (Å²) in [5, 5.41) is 14.5. The Hall–Kier alpha value is -3.34. The molecule has 164 valence electrons. The van der Waals surface area contributed by atoms with Crippen LogP contribution < -0.4 is 10.6 Å². The predicted octanol–water partition coefficient (Wildman–Crippen LogP) is 4.65. The van der Waals surface area contributed by atoms with Crippen LogP contribution in [0.15, 0.2) is 48.8 Å². The van der Waals surface area contributed by atoms with E-state index in [2.05, 4.69) is 25.6 Å². The van der Waals surface area contributed by atoms with E-state index in [1.807, 2.05) is 13.0 Å². The largest absolute Gasteiger partial charge is 0.433 e. The number of aryl methyl sites for hydroxylation is 1. The Balaban J connectivity index is 1.77. The zero-order chi connectivity index (χ0) is 22.6. The molecule has 0 aliphatic carbocycles. The van der Waals surface area contributed by atoms with Crippen LogP contribution in [0.3, 0.4) is 0 Å². The first-order valence-corrected chi connectivity index (χ1v) is 9.07. The van der Waals surface area contributed by atoms with Gasteiger partial charge in [-0.2, -0.15) is 13.2 Å². The van der Waals surface area contributed by atoms with Crippen molar-refractivity contribution < 1.29 is 27.1 Å². The molecule has 1 unspecified atom stereocenters. The molecule has 3 N–H and O–H groups in total. The molecular weight excluding hydrogens is 421 g/mol. The summed E-state index contributed by atoms with van der Waals surface area (Å²) >= 11 is 0. The average molecular weight is 439 g/mol. The maximum absolute atomic E-state index is 12.8. The van der Waals surface area contributed by atoms with Gasteiger partial charge in [0.25, 0.3) is 6.43 Å². The molecule has 3 aromatic rings. The number of aliphatic hydroxyl groups is 1. The van der Waals surface area contributed by atoms with Crippen molar-refractivity contribution in [3.8, 4) is 11.1 Å². The highest BCUT2D eigenvalue weighted by molar-refractivity contribution is 5.71. The van der Waals surface area contributed by atoms with Gasteiger partial charge in [0.15, 0.2) is 0 Å². The number of hydrogen-bond donors (Lipinski definition) is 3. The zero-order valence-electron chi connectivity index (χ0n) is 16.2. The van der Waals surface area contributed by atoms with Crippen LogP contribution in [0.2, 0.25) is 0 Å². The number of aromatic nitrogens is 3. The normalized spacial score (nSPS) is 12.6. The van der Waals surface area contributed by atoms with Crippen LogP contribution >= 0.6 is 0 Å². The van der Waals surface area contributed by atoms with Crippen LogP contribution in [0.1, 0.15) is 11.3 Å². The molecule has 0 radical (unpaired) electrons. The number of hydrogen-bond acceptors (Lipinski definition) is 6. The van der Waals surface area contributed by atoms with E-state index in [-0.39, 0.29) is 12.5 Å². The highest BCUT2D eigenvalue weighted by Crippen LogP contribution is 2.29. The minimum absolute atomic E-state index is 0.193. The van der Waals surface area contributed by atoms with E-state index in [1.54, 1.807) is 24.3 Å². The molecular formula is C20H18F5N5O. The molecule has 0 spiro atoms. The van der Waals surface area contributed by atoms with E-state index in [9.17, 15) is 22.0 Å². The van der Waals surface area contributed by atoms with Gasteiger partial charge < -0.3 is 15.7 Å². The van der Waals surface area contributed by atoms with Crippen molar-refractivity contribution in [2.45, 2.75) is 25.6 Å². The lowest BCUT2D eigenvalue weighted by atomic mass is 10.0. The van der Waals surface area contributed by atoms with Gasteiger partial charge in [-0.25, -0.2) is 23.7 Å². The summed E-state index contributed by atoms with van der Waals surface area (Å²) in [5.74, 6) is 0.119. The number of aliphatic hydroxyl groups excluding tert-OH is 1. The second kappa shape index (κ2) is 9.21. The van der Waals surface area contributed by atoms with Gasteiger partial charge in [-0.05, 0) is 48.4 Å². The molecule has 2 aromatic heterocycles. The first-order valence-electron chi connectivity index (χ1n) is 9.07. The molecule has 11 heteroatoms. The summed E-state index contributed by atoms with van der Waals surface area (Å²) in [7, 11) is 0. The summed E-state index contributed by atoms with van der Waals surface area (Å²) in [6, 6.07) is 9.32. The van der Waals surface area contributed by atoms with E-state index in [1.165, 1.54) is 6.20 Å². The zero-order valence-corrected chi connectivity index (χ0v) is 16.2. The van der Waals surface area contributed by atoms with Crippen LogP contribution in [0.4, 0.5) is 39.4 Å². The molecule has 1 atom stereocenters. The smallest absolute Gasteiger partial charge is 0.385 e. The van der Waals surface area contributed by atoms with Crippen LogP contribution in [0.5, 0.6) is 0 Å². The lowest BCUT2D eigenvalue weighted by Crippen LogP contribution is -2.27. The second-order valence-corrected chi connectivity index (χ2v) is 6.69. The lowest BCUT2D eigenvalue weighted by Gasteiger charge is -2.12. The predicted molar refractivity (Wildman–Crippen MR) is 105 cm³/mol. The van der Waals surface area contributed by atoms with E-state index < -0.39 is 24.4 Å². The Kier molecular flexibility index (Phi) is 6.64. The Bertz CT molecular complexity index is 1030. The molecule has 6 nitrogen and oxygen atoms in total. The summed E-state index contributed by atoms with van der Waals surface area (Å²) in [4.78, 5) is 11.4. The molecule has 0 amide bonds. The number of anilines is 3. The fourth-order valence-electron chi connectivity index (χ4n) is 2.70. The topological polar surface area (TPSA) is 83.0 Å². The summed E-state index contributed by atoms with van der Waals surface area (Å²) < 4.78 is 63.2. The molecule has 0 aliphatic rings. The quantitative estimate of drug-likeness (QED) is 0.465.